The van der Waals surface area contributed by atoms with Crippen LogP contribution in [0.3, 0.4) is 0 Å². The van der Waals surface area contributed by atoms with Gasteiger partial charge in [0, 0.05) is 32.1 Å². The molecule has 0 aliphatic carbocycles. The van der Waals surface area contributed by atoms with E-state index in [1.807, 2.05) is 12.5 Å². The van der Waals surface area contributed by atoms with E-state index in [-0.39, 0.29) is 5.56 Å². The number of rotatable bonds is 5. The molecule has 2 rings (SSSR count). The van der Waals surface area contributed by atoms with Crippen LogP contribution in [-0.2, 0) is 20.1 Å². The Morgan fingerprint density at radius 3 is 2.94 bits per heavy atom. The first kappa shape index (κ1) is 12.4. The number of imidazole rings is 1. The Kier molecular flexibility index (Phi) is 3.82. The first-order valence-corrected chi connectivity index (χ1v) is 6.10. The zero-order valence-corrected chi connectivity index (χ0v) is 10.8. The summed E-state index contributed by atoms with van der Waals surface area (Å²) in [6.07, 6.45) is 6.60. The third-order valence-electron chi connectivity index (χ3n) is 2.82. The molecule has 0 fully saturated rings. The SMILES string of the molecule is CCCn1cncc1CNc1ccc(=O)n(C)c1. The minimum Gasteiger partial charge on any atom is -0.378 e. The molecule has 0 radical (unpaired) electrons. The van der Waals surface area contributed by atoms with Crippen molar-refractivity contribution in [3.8, 4) is 0 Å². The lowest BCUT2D eigenvalue weighted by Gasteiger charge is -2.09. The Morgan fingerprint density at radius 1 is 1.39 bits per heavy atom. The molecule has 0 atom stereocenters. The predicted octanol–water partition coefficient (Wildman–Crippen LogP) is 1.60. The number of aromatic nitrogens is 3. The molecule has 0 saturated heterocycles. The molecule has 0 amide bonds. The summed E-state index contributed by atoms with van der Waals surface area (Å²) >= 11 is 0. The smallest absolute Gasteiger partial charge is 0.250 e. The van der Waals surface area contributed by atoms with Gasteiger partial charge in [-0.05, 0) is 12.5 Å². The molecule has 96 valence electrons. The van der Waals surface area contributed by atoms with Gasteiger partial charge in [-0.15, -0.1) is 0 Å². The summed E-state index contributed by atoms with van der Waals surface area (Å²) in [4.78, 5) is 15.4. The van der Waals surface area contributed by atoms with Crippen LogP contribution in [0.5, 0.6) is 0 Å². The second-order valence-corrected chi connectivity index (χ2v) is 4.30. The summed E-state index contributed by atoms with van der Waals surface area (Å²) in [5.74, 6) is 0. The number of pyridine rings is 1. The van der Waals surface area contributed by atoms with E-state index < -0.39 is 0 Å². The molecule has 0 aliphatic rings. The summed E-state index contributed by atoms with van der Waals surface area (Å²) in [5.41, 5.74) is 2.07. The Balaban J connectivity index is 2.04. The van der Waals surface area contributed by atoms with E-state index >= 15 is 0 Å². The minimum absolute atomic E-state index is 0.00317. The molecular formula is C13H18N4O. The zero-order chi connectivity index (χ0) is 13.0. The first-order chi connectivity index (χ1) is 8.70. The molecule has 0 bridgehead atoms. The molecule has 0 aliphatic heterocycles. The van der Waals surface area contributed by atoms with Crippen molar-refractivity contribution in [1.29, 1.82) is 0 Å². The van der Waals surface area contributed by atoms with Crippen LogP contribution in [0.1, 0.15) is 19.0 Å². The summed E-state index contributed by atoms with van der Waals surface area (Å²) in [5, 5.41) is 3.29. The van der Waals surface area contributed by atoms with Gasteiger partial charge in [0.2, 0.25) is 5.56 Å². The normalized spacial score (nSPS) is 10.6. The van der Waals surface area contributed by atoms with Gasteiger partial charge in [-0.25, -0.2) is 4.98 Å². The molecule has 0 unspecified atom stereocenters. The Labute approximate surface area is 106 Å². The molecule has 0 saturated carbocycles. The number of hydrogen-bond acceptors (Lipinski definition) is 3. The van der Waals surface area contributed by atoms with Crippen LogP contribution in [0.4, 0.5) is 5.69 Å². The van der Waals surface area contributed by atoms with E-state index in [2.05, 4.69) is 21.8 Å². The second-order valence-electron chi connectivity index (χ2n) is 4.30. The van der Waals surface area contributed by atoms with Crippen LogP contribution < -0.4 is 10.9 Å². The fourth-order valence-corrected chi connectivity index (χ4v) is 1.83. The lowest BCUT2D eigenvalue weighted by atomic mass is 10.3. The zero-order valence-electron chi connectivity index (χ0n) is 10.8. The van der Waals surface area contributed by atoms with Gasteiger partial charge in [-0.2, -0.15) is 0 Å². The Hall–Kier alpha value is -2.04. The van der Waals surface area contributed by atoms with Gasteiger partial charge >= 0.3 is 0 Å². The molecule has 5 heteroatoms. The Bertz CT molecular complexity index is 570. The molecule has 2 aromatic rings. The summed E-state index contributed by atoms with van der Waals surface area (Å²) in [6, 6.07) is 3.36. The van der Waals surface area contributed by atoms with Crippen LogP contribution in [0.25, 0.3) is 0 Å². The van der Waals surface area contributed by atoms with Gasteiger partial charge < -0.3 is 14.5 Å². The summed E-state index contributed by atoms with van der Waals surface area (Å²) in [6.45, 7) is 3.83. The quantitative estimate of drug-likeness (QED) is 0.872. The highest BCUT2D eigenvalue weighted by molar-refractivity contribution is 5.40. The monoisotopic (exact) mass is 246 g/mol. The van der Waals surface area contributed by atoms with Crippen molar-refractivity contribution in [1.82, 2.24) is 14.1 Å². The molecule has 2 aromatic heterocycles. The van der Waals surface area contributed by atoms with E-state index in [4.69, 9.17) is 0 Å². The fourth-order valence-electron chi connectivity index (χ4n) is 1.83. The topological polar surface area (TPSA) is 51.9 Å². The average molecular weight is 246 g/mol. The van der Waals surface area contributed by atoms with E-state index in [1.54, 1.807) is 29.9 Å². The maximum atomic E-state index is 11.3. The number of nitrogens with zero attached hydrogens (tertiary/aromatic N) is 3. The lowest BCUT2D eigenvalue weighted by Crippen LogP contribution is -2.15. The fraction of sp³-hybridized carbons (Fsp3) is 0.385. The van der Waals surface area contributed by atoms with Crippen LogP contribution in [0, 0.1) is 0 Å². The maximum absolute atomic E-state index is 11.3. The second kappa shape index (κ2) is 5.53. The van der Waals surface area contributed by atoms with E-state index in [0.717, 1.165) is 24.3 Å². The van der Waals surface area contributed by atoms with Crippen molar-refractivity contribution < 1.29 is 0 Å². The van der Waals surface area contributed by atoms with Crippen LogP contribution >= 0.6 is 0 Å². The maximum Gasteiger partial charge on any atom is 0.250 e. The van der Waals surface area contributed by atoms with Gasteiger partial charge in [0.05, 0.1) is 24.3 Å². The van der Waals surface area contributed by atoms with Crippen molar-refractivity contribution in [3.05, 3.63) is 46.9 Å². The van der Waals surface area contributed by atoms with Crippen molar-refractivity contribution in [2.75, 3.05) is 5.32 Å². The third kappa shape index (κ3) is 2.80. The largest absolute Gasteiger partial charge is 0.378 e. The van der Waals surface area contributed by atoms with Crippen LogP contribution in [0.15, 0.2) is 35.6 Å². The summed E-state index contributed by atoms with van der Waals surface area (Å²) in [7, 11) is 1.74. The molecule has 0 aromatic carbocycles. The van der Waals surface area contributed by atoms with Gasteiger partial charge in [0.15, 0.2) is 0 Å². The lowest BCUT2D eigenvalue weighted by molar-refractivity contribution is 0.651. The third-order valence-corrected chi connectivity index (χ3v) is 2.82. The number of anilines is 1. The van der Waals surface area contributed by atoms with E-state index in [9.17, 15) is 4.79 Å². The number of hydrogen-bond donors (Lipinski definition) is 1. The molecule has 2 heterocycles. The molecule has 0 spiro atoms. The van der Waals surface area contributed by atoms with Crippen LogP contribution in [-0.4, -0.2) is 14.1 Å². The van der Waals surface area contributed by atoms with Gasteiger partial charge in [-0.1, -0.05) is 6.92 Å². The standard InChI is InChI=1S/C13H18N4O/c1-3-6-17-10-14-7-12(17)8-15-11-4-5-13(18)16(2)9-11/h4-5,7,9-10,15H,3,6,8H2,1-2H3. The summed E-state index contributed by atoms with van der Waals surface area (Å²) < 4.78 is 3.70. The Morgan fingerprint density at radius 2 is 2.22 bits per heavy atom. The van der Waals surface area contributed by atoms with Gasteiger partial charge in [-0.3, -0.25) is 4.79 Å². The highest BCUT2D eigenvalue weighted by atomic mass is 16.1. The van der Waals surface area contributed by atoms with Gasteiger partial charge in [0.25, 0.3) is 0 Å². The highest BCUT2D eigenvalue weighted by Crippen LogP contribution is 2.07. The first-order valence-electron chi connectivity index (χ1n) is 6.10. The van der Waals surface area contributed by atoms with Crippen molar-refractivity contribution in [2.45, 2.75) is 26.4 Å². The van der Waals surface area contributed by atoms with E-state index in [0.29, 0.717) is 6.54 Å². The van der Waals surface area contributed by atoms with Gasteiger partial charge in [0.1, 0.15) is 0 Å². The van der Waals surface area contributed by atoms with Crippen LogP contribution in [0.2, 0.25) is 0 Å². The van der Waals surface area contributed by atoms with Crippen molar-refractivity contribution in [3.63, 3.8) is 0 Å². The minimum atomic E-state index is -0.00317. The predicted molar refractivity (Wildman–Crippen MR) is 71.5 cm³/mol. The number of aryl methyl sites for hydroxylation is 2. The molecule has 18 heavy (non-hydrogen) atoms. The van der Waals surface area contributed by atoms with E-state index in [1.165, 1.54) is 0 Å². The molecule has 1 N–H and O–H groups in total. The number of nitrogens with one attached hydrogen (secondary N) is 1. The highest BCUT2D eigenvalue weighted by Gasteiger charge is 2.01. The molecule has 5 nitrogen and oxygen atoms in total. The average Bonchev–Trinajstić information content (AvgIpc) is 2.79. The van der Waals surface area contributed by atoms with Crippen molar-refractivity contribution in [2.24, 2.45) is 7.05 Å². The molecular weight excluding hydrogens is 228 g/mol. The van der Waals surface area contributed by atoms with Crippen molar-refractivity contribution >= 4 is 5.69 Å².